The Bertz CT molecular complexity index is 1000. The molecule has 162 valence electrons. The third-order valence-electron chi connectivity index (χ3n) is 4.69. The van der Waals surface area contributed by atoms with Crippen LogP contribution in [-0.2, 0) is 9.53 Å². The number of ether oxygens (including phenoxy) is 2. The maximum atomic E-state index is 12.5. The molecule has 1 N–H and O–H groups in total. The first-order chi connectivity index (χ1) is 15.2. The van der Waals surface area contributed by atoms with Crippen molar-refractivity contribution in [2.75, 3.05) is 48.9 Å². The van der Waals surface area contributed by atoms with E-state index >= 15 is 0 Å². The molecule has 2 heterocycles. The van der Waals surface area contributed by atoms with Crippen LogP contribution < -0.4 is 15.0 Å². The first-order valence-electron chi connectivity index (χ1n) is 10.1. The summed E-state index contributed by atoms with van der Waals surface area (Å²) in [6.07, 6.45) is 0. The van der Waals surface area contributed by atoms with Gasteiger partial charge < -0.3 is 19.7 Å². The molecule has 31 heavy (non-hydrogen) atoms. The lowest BCUT2D eigenvalue weighted by Gasteiger charge is -2.28. The highest BCUT2D eigenvalue weighted by Gasteiger charge is 2.15. The maximum Gasteiger partial charge on any atom is 0.234 e. The number of hydrogen-bond donors (Lipinski definition) is 1. The molecule has 10 heteroatoms. The van der Waals surface area contributed by atoms with Crippen LogP contribution in [0.15, 0.2) is 53.7 Å². The van der Waals surface area contributed by atoms with Crippen molar-refractivity contribution in [3.63, 3.8) is 0 Å². The van der Waals surface area contributed by atoms with Crippen molar-refractivity contribution in [3.05, 3.63) is 48.5 Å². The van der Waals surface area contributed by atoms with Gasteiger partial charge in [-0.15, -0.1) is 5.10 Å². The first-order valence-corrected chi connectivity index (χ1v) is 11.1. The summed E-state index contributed by atoms with van der Waals surface area (Å²) in [5.41, 5.74) is 2.61. The molecule has 0 atom stereocenters. The van der Waals surface area contributed by atoms with Crippen LogP contribution in [0.3, 0.4) is 0 Å². The number of nitrogens with zero attached hydrogens (tertiary/aromatic N) is 5. The van der Waals surface area contributed by atoms with Gasteiger partial charge in [-0.2, -0.15) is 4.68 Å². The molecule has 0 radical (unpaired) electrons. The first kappa shape index (κ1) is 21.1. The molecule has 4 rings (SSSR count). The minimum absolute atomic E-state index is 0.128. The molecule has 1 aromatic heterocycles. The van der Waals surface area contributed by atoms with Crippen LogP contribution in [0.25, 0.3) is 5.69 Å². The number of amides is 1. The van der Waals surface area contributed by atoms with E-state index in [-0.39, 0.29) is 11.7 Å². The Labute approximate surface area is 184 Å². The fourth-order valence-electron chi connectivity index (χ4n) is 3.23. The van der Waals surface area contributed by atoms with Gasteiger partial charge in [-0.05, 0) is 53.7 Å². The Morgan fingerprint density at radius 2 is 1.94 bits per heavy atom. The number of morpholine rings is 1. The summed E-state index contributed by atoms with van der Waals surface area (Å²) in [4.78, 5) is 14.7. The van der Waals surface area contributed by atoms with E-state index in [2.05, 4.69) is 25.7 Å². The zero-order chi connectivity index (χ0) is 21.5. The van der Waals surface area contributed by atoms with Gasteiger partial charge in [0.1, 0.15) is 11.4 Å². The summed E-state index contributed by atoms with van der Waals surface area (Å²) >= 11 is 1.27. The zero-order valence-electron chi connectivity index (χ0n) is 17.2. The van der Waals surface area contributed by atoms with Crippen LogP contribution in [0.2, 0.25) is 0 Å². The molecule has 1 saturated heterocycles. The van der Waals surface area contributed by atoms with Crippen LogP contribution in [0.5, 0.6) is 5.75 Å². The second kappa shape index (κ2) is 10.3. The SMILES string of the molecule is CCOc1ccccc1-n1nnnc1SCC(=O)Nc1ccc(N2CCOCC2)cc1. The third-order valence-corrected chi connectivity index (χ3v) is 5.61. The monoisotopic (exact) mass is 440 g/mol. The molecule has 1 aliphatic heterocycles. The standard InChI is InChI=1S/C21H24N6O3S/c1-2-30-19-6-4-3-5-18(19)27-21(23-24-25-27)31-15-20(28)22-16-7-9-17(10-8-16)26-11-13-29-14-12-26/h3-10H,2,11-15H2,1H3,(H,22,28). The van der Waals surface area contributed by atoms with Crippen LogP contribution >= 0.6 is 11.8 Å². The molecule has 0 bridgehead atoms. The summed E-state index contributed by atoms with van der Waals surface area (Å²) in [6.45, 7) is 5.69. The normalized spacial score (nSPS) is 13.8. The van der Waals surface area contributed by atoms with Gasteiger partial charge in [-0.3, -0.25) is 4.79 Å². The van der Waals surface area contributed by atoms with Crippen molar-refractivity contribution < 1.29 is 14.3 Å². The number of thioether (sulfide) groups is 1. The summed E-state index contributed by atoms with van der Waals surface area (Å²) < 4.78 is 12.6. The average molecular weight is 441 g/mol. The number of nitrogens with one attached hydrogen (secondary N) is 1. The number of carbonyl (C=O) groups is 1. The highest BCUT2D eigenvalue weighted by atomic mass is 32.2. The van der Waals surface area contributed by atoms with Crippen LogP contribution in [-0.4, -0.2) is 64.8 Å². The molecule has 3 aromatic rings. The maximum absolute atomic E-state index is 12.5. The van der Waals surface area contributed by atoms with E-state index in [9.17, 15) is 4.79 Å². The van der Waals surface area contributed by atoms with Crippen LogP contribution in [0.4, 0.5) is 11.4 Å². The van der Waals surface area contributed by atoms with Crippen molar-refractivity contribution in [1.82, 2.24) is 20.2 Å². The Morgan fingerprint density at radius 1 is 1.16 bits per heavy atom. The molecule has 0 unspecified atom stereocenters. The summed E-state index contributed by atoms with van der Waals surface area (Å²) in [5, 5.41) is 15.3. The molecule has 0 saturated carbocycles. The Morgan fingerprint density at radius 3 is 2.71 bits per heavy atom. The Balaban J connectivity index is 1.35. The number of para-hydroxylation sites is 2. The number of hydrogen-bond acceptors (Lipinski definition) is 8. The predicted octanol–water partition coefficient (Wildman–Crippen LogP) is 2.63. The molecule has 0 spiro atoms. The van der Waals surface area contributed by atoms with E-state index in [1.54, 1.807) is 4.68 Å². The highest BCUT2D eigenvalue weighted by Crippen LogP contribution is 2.26. The van der Waals surface area contributed by atoms with Gasteiger partial charge >= 0.3 is 0 Å². The number of anilines is 2. The topological polar surface area (TPSA) is 94.4 Å². The number of aromatic nitrogens is 4. The minimum Gasteiger partial charge on any atom is -0.492 e. The van der Waals surface area contributed by atoms with E-state index in [0.29, 0.717) is 17.5 Å². The molecule has 9 nitrogen and oxygen atoms in total. The molecular formula is C21H24N6O3S. The Kier molecular flexibility index (Phi) is 7.00. The lowest BCUT2D eigenvalue weighted by atomic mass is 10.2. The van der Waals surface area contributed by atoms with E-state index in [1.807, 2.05) is 55.5 Å². The second-order valence-corrected chi connectivity index (χ2v) is 7.70. The number of tetrazole rings is 1. The van der Waals surface area contributed by atoms with Crippen molar-refractivity contribution in [2.24, 2.45) is 0 Å². The van der Waals surface area contributed by atoms with Crippen LogP contribution in [0.1, 0.15) is 6.92 Å². The van der Waals surface area contributed by atoms with Crippen molar-refractivity contribution in [1.29, 1.82) is 0 Å². The lowest BCUT2D eigenvalue weighted by molar-refractivity contribution is -0.113. The van der Waals surface area contributed by atoms with E-state index in [1.165, 1.54) is 11.8 Å². The highest BCUT2D eigenvalue weighted by molar-refractivity contribution is 7.99. The Hall–Kier alpha value is -3.11. The molecule has 2 aromatic carbocycles. The number of rotatable bonds is 8. The number of benzene rings is 2. The lowest BCUT2D eigenvalue weighted by Crippen LogP contribution is -2.36. The second-order valence-electron chi connectivity index (χ2n) is 6.76. The quantitative estimate of drug-likeness (QED) is 0.534. The molecule has 0 aliphatic carbocycles. The summed E-state index contributed by atoms with van der Waals surface area (Å²) in [6, 6.07) is 15.4. The van der Waals surface area contributed by atoms with Gasteiger partial charge in [-0.25, -0.2) is 0 Å². The fraction of sp³-hybridized carbons (Fsp3) is 0.333. The summed E-state index contributed by atoms with van der Waals surface area (Å²) in [5.74, 6) is 0.739. The van der Waals surface area contributed by atoms with Gasteiger partial charge in [-0.1, -0.05) is 23.9 Å². The van der Waals surface area contributed by atoms with Gasteiger partial charge in [0.25, 0.3) is 0 Å². The van der Waals surface area contributed by atoms with Gasteiger partial charge in [0.2, 0.25) is 11.1 Å². The predicted molar refractivity (Wildman–Crippen MR) is 119 cm³/mol. The fourth-order valence-corrected chi connectivity index (χ4v) is 3.92. The van der Waals surface area contributed by atoms with E-state index in [0.717, 1.165) is 43.4 Å². The largest absolute Gasteiger partial charge is 0.492 e. The van der Waals surface area contributed by atoms with Gasteiger partial charge in [0.15, 0.2) is 0 Å². The summed E-state index contributed by atoms with van der Waals surface area (Å²) in [7, 11) is 0. The van der Waals surface area contributed by atoms with Gasteiger partial charge in [0.05, 0.1) is 25.6 Å². The van der Waals surface area contributed by atoms with E-state index in [4.69, 9.17) is 9.47 Å². The van der Waals surface area contributed by atoms with Crippen LogP contribution in [0, 0.1) is 0 Å². The third kappa shape index (κ3) is 5.33. The molecule has 1 amide bonds. The van der Waals surface area contributed by atoms with Crippen molar-refractivity contribution in [2.45, 2.75) is 12.1 Å². The smallest absolute Gasteiger partial charge is 0.234 e. The molecule has 1 aliphatic rings. The molecule has 1 fully saturated rings. The van der Waals surface area contributed by atoms with E-state index < -0.39 is 0 Å². The average Bonchev–Trinajstić information content (AvgIpc) is 3.28. The zero-order valence-corrected chi connectivity index (χ0v) is 18.0. The van der Waals surface area contributed by atoms with Crippen molar-refractivity contribution >= 4 is 29.0 Å². The number of carbonyl (C=O) groups excluding carboxylic acids is 1. The molecular weight excluding hydrogens is 416 g/mol. The van der Waals surface area contributed by atoms with Crippen molar-refractivity contribution in [3.8, 4) is 11.4 Å². The minimum atomic E-state index is -0.128. The van der Waals surface area contributed by atoms with Gasteiger partial charge in [0, 0.05) is 24.5 Å².